The second kappa shape index (κ2) is 8.91. The van der Waals surface area contributed by atoms with Crippen molar-refractivity contribution in [3.8, 4) is 5.75 Å². The predicted molar refractivity (Wildman–Crippen MR) is 86.5 cm³/mol. The Morgan fingerprint density at radius 3 is 2.56 bits per heavy atom. The molecule has 0 saturated carbocycles. The minimum absolute atomic E-state index is 0.0395. The molecule has 0 heterocycles. The largest absolute Gasteiger partial charge is 0.435 e. The number of rotatable bonds is 6. The number of benzene rings is 2. The monoisotopic (exact) mass is 355 g/mol. The van der Waals surface area contributed by atoms with Crippen molar-refractivity contribution in [3.05, 3.63) is 65.2 Å². The van der Waals surface area contributed by atoms with Crippen LogP contribution in [0.1, 0.15) is 11.1 Å². The first-order valence-corrected chi connectivity index (χ1v) is 7.40. The molecule has 25 heavy (non-hydrogen) atoms. The quantitative estimate of drug-likeness (QED) is 0.474. The number of hydrogen-bond donors (Lipinski definition) is 2. The summed E-state index contributed by atoms with van der Waals surface area (Å²) >= 11 is 0. The van der Waals surface area contributed by atoms with E-state index in [0.29, 0.717) is 11.5 Å². The predicted octanol–water partition coefficient (Wildman–Crippen LogP) is 3.43. The minimum atomic E-state index is -2.89. The smallest absolute Gasteiger partial charge is 0.387 e. The Labute approximate surface area is 142 Å². The summed E-state index contributed by atoms with van der Waals surface area (Å²) in [7, 11) is 1.52. The number of nitrogens with zero attached hydrogens (tertiary/aromatic N) is 1. The molecule has 0 bridgehead atoms. The van der Waals surface area contributed by atoms with Gasteiger partial charge in [0.05, 0.1) is 0 Å². The standard InChI is InChI=1S/C17H17F4N3O/c1-22-17(24-10-12-8-13(18)5-6-15(12)19)23-9-11-3-2-4-14(7-11)25-16(20)21/h2-8,16H,9-10H2,1H3,(H2,22,23,24). The second-order valence-electron chi connectivity index (χ2n) is 5.04. The molecular weight excluding hydrogens is 338 g/mol. The van der Waals surface area contributed by atoms with Gasteiger partial charge in [0, 0.05) is 25.7 Å². The summed E-state index contributed by atoms with van der Waals surface area (Å²) in [6.45, 7) is -2.57. The Balaban J connectivity index is 1.91. The first kappa shape index (κ1) is 18.6. The maximum atomic E-state index is 13.6. The topological polar surface area (TPSA) is 45.7 Å². The number of halogens is 4. The molecule has 0 atom stereocenters. The van der Waals surface area contributed by atoms with Crippen LogP contribution in [0.5, 0.6) is 5.75 Å². The highest BCUT2D eigenvalue weighted by atomic mass is 19.3. The molecule has 0 radical (unpaired) electrons. The van der Waals surface area contributed by atoms with Crippen LogP contribution in [0.15, 0.2) is 47.5 Å². The molecule has 2 rings (SSSR count). The molecule has 2 N–H and O–H groups in total. The lowest BCUT2D eigenvalue weighted by atomic mass is 10.2. The molecule has 0 unspecified atom stereocenters. The Morgan fingerprint density at radius 2 is 1.84 bits per heavy atom. The normalized spacial score (nSPS) is 11.5. The zero-order chi connectivity index (χ0) is 18.2. The van der Waals surface area contributed by atoms with Crippen LogP contribution < -0.4 is 15.4 Å². The van der Waals surface area contributed by atoms with Gasteiger partial charge in [0.25, 0.3) is 0 Å². The first-order valence-electron chi connectivity index (χ1n) is 7.40. The second-order valence-corrected chi connectivity index (χ2v) is 5.04. The maximum absolute atomic E-state index is 13.6. The van der Waals surface area contributed by atoms with E-state index in [0.717, 1.165) is 18.2 Å². The van der Waals surface area contributed by atoms with Crippen LogP contribution >= 0.6 is 0 Å². The van der Waals surface area contributed by atoms with Gasteiger partial charge in [-0.05, 0) is 35.9 Å². The molecule has 8 heteroatoms. The highest BCUT2D eigenvalue weighted by Crippen LogP contribution is 2.15. The molecule has 2 aromatic carbocycles. The summed E-state index contributed by atoms with van der Waals surface area (Å²) in [6, 6.07) is 9.41. The van der Waals surface area contributed by atoms with Gasteiger partial charge in [-0.25, -0.2) is 8.78 Å². The summed E-state index contributed by atoms with van der Waals surface area (Å²) in [5.41, 5.74) is 0.855. The van der Waals surface area contributed by atoms with Crippen LogP contribution in [-0.2, 0) is 13.1 Å². The number of guanidine groups is 1. The lowest BCUT2D eigenvalue weighted by molar-refractivity contribution is -0.0498. The summed E-state index contributed by atoms with van der Waals surface area (Å²) in [6.07, 6.45) is 0. The van der Waals surface area contributed by atoms with Crippen molar-refractivity contribution in [1.82, 2.24) is 10.6 Å². The van der Waals surface area contributed by atoms with Crippen LogP contribution in [0.25, 0.3) is 0 Å². The number of hydrogen-bond acceptors (Lipinski definition) is 2. The van der Waals surface area contributed by atoms with E-state index in [2.05, 4.69) is 20.4 Å². The average Bonchev–Trinajstić information content (AvgIpc) is 2.57. The van der Waals surface area contributed by atoms with E-state index in [1.165, 1.54) is 19.2 Å². The van der Waals surface area contributed by atoms with Crippen LogP contribution in [0.4, 0.5) is 17.6 Å². The van der Waals surface area contributed by atoms with E-state index in [9.17, 15) is 17.6 Å². The molecule has 0 aliphatic heterocycles. The van der Waals surface area contributed by atoms with Crippen molar-refractivity contribution in [2.24, 2.45) is 4.99 Å². The number of aliphatic imine (C=N–C) groups is 1. The molecule has 0 aromatic heterocycles. The van der Waals surface area contributed by atoms with Gasteiger partial charge in [-0.3, -0.25) is 4.99 Å². The number of ether oxygens (including phenoxy) is 1. The van der Waals surface area contributed by atoms with Crippen molar-refractivity contribution in [1.29, 1.82) is 0 Å². The lowest BCUT2D eigenvalue weighted by Gasteiger charge is -2.13. The van der Waals surface area contributed by atoms with Gasteiger partial charge in [0.1, 0.15) is 17.4 Å². The van der Waals surface area contributed by atoms with E-state index in [1.54, 1.807) is 12.1 Å². The third-order valence-corrected chi connectivity index (χ3v) is 3.26. The molecule has 4 nitrogen and oxygen atoms in total. The summed E-state index contributed by atoms with van der Waals surface area (Å²) in [5, 5.41) is 5.80. The fourth-order valence-electron chi connectivity index (χ4n) is 2.10. The third kappa shape index (κ3) is 5.98. The highest BCUT2D eigenvalue weighted by Gasteiger charge is 2.07. The minimum Gasteiger partial charge on any atom is -0.435 e. The first-order chi connectivity index (χ1) is 12.0. The third-order valence-electron chi connectivity index (χ3n) is 3.26. The van der Waals surface area contributed by atoms with Gasteiger partial charge in [-0.15, -0.1) is 0 Å². The van der Waals surface area contributed by atoms with E-state index < -0.39 is 18.2 Å². The van der Waals surface area contributed by atoms with Crippen LogP contribution in [-0.4, -0.2) is 19.6 Å². The van der Waals surface area contributed by atoms with E-state index in [-0.39, 0.29) is 24.4 Å². The van der Waals surface area contributed by atoms with Crippen molar-refractivity contribution in [2.75, 3.05) is 7.05 Å². The molecule has 0 aliphatic carbocycles. The Morgan fingerprint density at radius 1 is 1.08 bits per heavy atom. The summed E-state index contributed by atoms with van der Waals surface area (Å²) in [5.74, 6) is -0.652. The SMILES string of the molecule is CN=C(NCc1cccc(OC(F)F)c1)NCc1cc(F)ccc1F. The van der Waals surface area contributed by atoms with Gasteiger partial charge in [0.2, 0.25) is 0 Å². The fraction of sp³-hybridized carbons (Fsp3) is 0.235. The average molecular weight is 355 g/mol. The molecule has 0 spiro atoms. The number of alkyl halides is 2. The molecule has 0 saturated heterocycles. The lowest BCUT2D eigenvalue weighted by Crippen LogP contribution is -2.36. The van der Waals surface area contributed by atoms with Crippen molar-refractivity contribution in [3.63, 3.8) is 0 Å². The zero-order valence-corrected chi connectivity index (χ0v) is 13.4. The van der Waals surface area contributed by atoms with Gasteiger partial charge in [0.15, 0.2) is 5.96 Å². The molecule has 134 valence electrons. The van der Waals surface area contributed by atoms with Crippen LogP contribution in [0.2, 0.25) is 0 Å². The van der Waals surface area contributed by atoms with Crippen molar-refractivity contribution < 1.29 is 22.3 Å². The summed E-state index contributed by atoms with van der Waals surface area (Å²) in [4.78, 5) is 3.97. The summed E-state index contributed by atoms with van der Waals surface area (Å²) < 4.78 is 55.5. The van der Waals surface area contributed by atoms with Gasteiger partial charge >= 0.3 is 6.61 Å². The van der Waals surface area contributed by atoms with E-state index in [4.69, 9.17) is 0 Å². The Bertz CT molecular complexity index is 738. The van der Waals surface area contributed by atoms with Gasteiger partial charge in [-0.2, -0.15) is 8.78 Å². The number of nitrogens with one attached hydrogen (secondary N) is 2. The van der Waals surface area contributed by atoms with Gasteiger partial charge in [-0.1, -0.05) is 12.1 Å². The molecule has 2 aromatic rings. The molecule has 0 amide bonds. The highest BCUT2D eigenvalue weighted by molar-refractivity contribution is 5.79. The van der Waals surface area contributed by atoms with E-state index >= 15 is 0 Å². The van der Waals surface area contributed by atoms with Crippen LogP contribution in [0.3, 0.4) is 0 Å². The van der Waals surface area contributed by atoms with Crippen molar-refractivity contribution in [2.45, 2.75) is 19.7 Å². The maximum Gasteiger partial charge on any atom is 0.387 e. The Kier molecular flexibility index (Phi) is 6.62. The molecule has 0 fully saturated rings. The van der Waals surface area contributed by atoms with Crippen LogP contribution in [0, 0.1) is 11.6 Å². The Hall–Kier alpha value is -2.77. The van der Waals surface area contributed by atoms with E-state index in [1.807, 2.05) is 0 Å². The zero-order valence-electron chi connectivity index (χ0n) is 13.4. The van der Waals surface area contributed by atoms with Gasteiger partial charge < -0.3 is 15.4 Å². The van der Waals surface area contributed by atoms with Crippen molar-refractivity contribution >= 4 is 5.96 Å². The molecular formula is C17H17F4N3O. The fourth-order valence-corrected chi connectivity index (χ4v) is 2.10. The molecule has 0 aliphatic rings.